The highest BCUT2D eigenvalue weighted by atomic mass is 79.9. The fourth-order valence-electron chi connectivity index (χ4n) is 1.69. The third-order valence-corrected chi connectivity index (χ3v) is 6.49. The molecule has 2 heterocycles. The van der Waals surface area contributed by atoms with E-state index in [4.69, 9.17) is 4.42 Å². The highest BCUT2D eigenvalue weighted by Gasteiger charge is 2.21. The molecule has 2 aromatic rings. The summed E-state index contributed by atoms with van der Waals surface area (Å²) in [5, 5.41) is 2.99. The molecule has 0 saturated carbocycles. The van der Waals surface area contributed by atoms with Crippen LogP contribution in [-0.2, 0) is 23.1 Å². The molecule has 9 heteroatoms. The third kappa shape index (κ3) is 3.92. The van der Waals surface area contributed by atoms with Gasteiger partial charge in [-0.25, -0.2) is 18.1 Å². The summed E-state index contributed by atoms with van der Waals surface area (Å²) in [5.74, 6) is 1.05. The first-order chi connectivity index (χ1) is 9.83. The van der Waals surface area contributed by atoms with Crippen LogP contribution in [0, 0.1) is 13.8 Å². The minimum atomic E-state index is -3.60. The first-order valence-corrected chi connectivity index (χ1v) is 9.28. The van der Waals surface area contributed by atoms with Gasteiger partial charge in [0.25, 0.3) is 0 Å². The molecule has 2 N–H and O–H groups in total. The number of hydrogen-bond donors (Lipinski definition) is 2. The molecule has 0 atom stereocenters. The number of rotatable bonds is 6. The van der Waals surface area contributed by atoms with Gasteiger partial charge in [-0.1, -0.05) is 0 Å². The van der Waals surface area contributed by atoms with E-state index in [1.54, 1.807) is 13.0 Å². The molecule has 6 nitrogen and oxygen atoms in total. The molecule has 0 aliphatic rings. The Morgan fingerprint density at radius 1 is 1.38 bits per heavy atom. The van der Waals surface area contributed by atoms with Crippen molar-refractivity contribution in [1.82, 2.24) is 15.0 Å². The SMILES string of the molecule is CNCc1cc(S(=O)(=O)NCc2nc(C)c(C)o2)c(Br)s1. The van der Waals surface area contributed by atoms with Gasteiger partial charge >= 0.3 is 0 Å². The van der Waals surface area contributed by atoms with Crippen molar-refractivity contribution < 1.29 is 12.8 Å². The minimum absolute atomic E-state index is 0.0284. The Labute approximate surface area is 136 Å². The summed E-state index contributed by atoms with van der Waals surface area (Å²) in [6.45, 7) is 4.26. The minimum Gasteiger partial charge on any atom is -0.444 e. The fourth-order valence-corrected chi connectivity index (χ4v) is 5.36. The summed E-state index contributed by atoms with van der Waals surface area (Å²) >= 11 is 4.69. The molecular weight excluding hydrogens is 378 g/mol. The van der Waals surface area contributed by atoms with Crippen LogP contribution in [0.2, 0.25) is 0 Å². The Morgan fingerprint density at radius 2 is 2.10 bits per heavy atom. The first kappa shape index (κ1) is 16.6. The number of aromatic nitrogens is 1. The molecule has 116 valence electrons. The van der Waals surface area contributed by atoms with Crippen LogP contribution in [-0.4, -0.2) is 20.4 Å². The van der Waals surface area contributed by atoms with Gasteiger partial charge in [-0.2, -0.15) is 0 Å². The molecule has 0 aliphatic heterocycles. The lowest BCUT2D eigenvalue weighted by molar-refractivity contribution is 0.463. The first-order valence-electron chi connectivity index (χ1n) is 6.19. The van der Waals surface area contributed by atoms with Crippen LogP contribution < -0.4 is 10.0 Å². The molecule has 21 heavy (non-hydrogen) atoms. The Hall–Kier alpha value is -0.740. The zero-order valence-corrected chi connectivity index (χ0v) is 15.1. The van der Waals surface area contributed by atoms with Crippen LogP contribution in [0.1, 0.15) is 22.2 Å². The van der Waals surface area contributed by atoms with E-state index in [9.17, 15) is 8.42 Å². The quantitative estimate of drug-likeness (QED) is 0.786. The molecular formula is C12H16BrN3O3S2. The lowest BCUT2D eigenvalue weighted by Gasteiger charge is -2.03. The lowest BCUT2D eigenvalue weighted by Crippen LogP contribution is -2.23. The van der Waals surface area contributed by atoms with Gasteiger partial charge in [0.1, 0.15) is 10.7 Å². The zero-order chi connectivity index (χ0) is 15.6. The molecule has 0 aliphatic carbocycles. The predicted molar refractivity (Wildman–Crippen MR) is 84.8 cm³/mol. The Balaban J connectivity index is 2.14. The normalized spacial score (nSPS) is 12.0. The van der Waals surface area contributed by atoms with Crippen LogP contribution in [0.4, 0.5) is 0 Å². The highest BCUT2D eigenvalue weighted by Crippen LogP contribution is 2.31. The highest BCUT2D eigenvalue weighted by molar-refractivity contribution is 9.11. The van der Waals surface area contributed by atoms with Crippen molar-refractivity contribution in [2.45, 2.75) is 31.8 Å². The smallest absolute Gasteiger partial charge is 0.243 e. The van der Waals surface area contributed by atoms with Gasteiger partial charge in [-0.05, 0) is 42.9 Å². The predicted octanol–water partition coefficient (Wildman–Crippen LogP) is 2.31. The molecule has 0 amide bonds. The van der Waals surface area contributed by atoms with E-state index >= 15 is 0 Å². The van der Waals surface area contributed by atoms with E-state index in [-0.39, 0.29) is 11.4 Å². The van der Waals surface area contributed by atoms with Crippen LogP contribution >= 0.6 is 27.3 Å². The number of nitrogens with one attached hydrogen (secondary N) is 2. The Kier molecular flexibility index (Phi) is 5.20. The van der Waals surface area contributed by atoms with Crippen molar-refractivity contribution in [1.29, 1.82) is 0 Å². The van der Waals surface area contributed by atoms with Crippen molar-refractivity contribution in [3.63, 3.8) is 0 Å². The van der Waals surface area contributed by atoms with E-state index in [1.807, 2.05) is 14.0 Å². The van der Waals surface area contributed by atoms with Gasteiger partial charge in [-0.3, -0.25) is 0 Å². The van der Waals surface area contributed by atoms with Crippen molar-refractivity contribution in [3.05, 3.63) is 32.1 Å². The molecule has 0 spiro atoms. The summed E-state index contributed by atoms with van der Waals surface area (Å²) < 4.78 is 33.1. The number of hydrogen-bond acceptors (Lipinski definition) is 6. The average molecular weight is 394 g/mol. The van der Waals surface area contributed by atoms with E-state index in [2.05, 4.69) is 31.0 Å². The van der Waals surface area contributed by atoms with Gasteiger partial charge in [0, 0.05) is 11.4 Å². The summed E-state index contributed by atoms with van der Waals surface area (Å²) in [4.78, 5) is 5.32. The van der Waals surface area contributed by atoms with Crippen LogP contribution in [0.25, 0.3) is 0 Å². The number of oxazole rings is 1. The lowest BCUT2D eigenvalue weighted by atomic mass is 10.4. The van der Waals surface area contributed by atoms with Crippen molar-refractivity contribution in [2.24, 2.45) is 0 Å². The molecule has 0 saturated heterocycles. The summed E-state index contributed by atoms with van der Waals surface area (Å²) in [6, 6.07) is 1.65. The molecule has 2 aromatic heterocycles. The maximum absolute atomic E-state index is 12.3. The summed E-state index contributed by atoms with van der Waals surface area (Å²) in [7, 11) is -1.79. The van der Waals surface area contributed by atoms with Gasteiger partial charge in [-0.15, -0.1) is 11.3 Å². The number of nitrogens with zero attached hydrogens (tertiary/aromatic N) is 1. The molecule has 0 unspecified atom stereocenters. The fraction of sp³-hybridized carbons (Fsp3) is 0.417. The number of aryl methyl sites for hydroxylation is 2. The third-order valence-electron chi connectivity index (χ3n) is 2.83. The zero-order valence-electron chi connectivity index (χ0n) is 11.9. The van der Waals surface area contributed by atoms with E-state index in [0.717, 1.165) is 10.6 Å². The standard InChI is InChI=1S/C12H16BrN3O3S2/c1-7-8(2)19-11(16-7)6-15-21(17,18)10-4-9(5-14-3)20-12(10)13/h4,14-15H,5-6H2,1-3H3. The van der Waals surface area contributed by atoms with E-state index in [0.29, 0.717) is 22.0 Å². The summed E-state index contributed by atoms with van der Waals surface area (Å²) in [6.07, 6.45) is 0. The van der Waals surface area contributed by atoms with E-state index in [1.165, 1.54) is 11.3 Å². The molecule has 0 radical (unpaired) electrons. The maximum Gasteiger partial charge on any atom is 0.243 e. The second-order valence-electron chi connectivity index (χ2n) is 4.45. The molecule has 0 fully saturated rings. The monoisotopic (exact) mass is 393 g/mol. The van der Waals surface area contributed by atoms with Gasteiger partial charge < -0.3 is 9.73 Å². The Bertz CT molecular complexity index is 718. The maximum atomic E-state index is 12.3. The number of thiophene rings is 1. The van der Waals surface area contributed by atoms with Gasteiger partial charge in [0.15, 0.2) is 0 Å². The average Bonchev–Trinajstić information content (AvgIpc) is 2.92. The molecule has 2 rings (SSSR count). The van der Waals surface area contributed by atoms with Gasteiger partial charge in [0.05, 0.1) is 16.0 Å². The molecule has 0 aromatic carbocycles. The second-order valence-corrected chi connectivity index (χ2v) is 8.64. The number of halogens is 1. The van der Waals surface area contributed by atoms with Crippen molar-refractivity contribution in [2.75, 3.05) is 7.05 Å². The van der Waals surface area contributed by atoms with Crippen molar-refractivity contribution in [3.8, 4) is 0 Å². The second kappa shape index (κ2) is 6.57. The van der Waals surface area contributed by atoms with Crippen LogP contribution in [0.3, 0.4) is 0 Å². The Morgan fingerprint density at radius 3 is 2.67 bits per heavy atom. The topological polar surface area (TPSA) is 84.2 Å². The van der Waals surface area contributed by atoms with Crippen molar-refractivity contribution >= 4 is 37.3 Å². The van der Waals surface area contributed by atoms with E-state index < -0.39 is 10.0 Å². The summed E-state index contributed by atoms with van der Waals surface area (Å²) in [5.41, 5.74) is 0.761. The number of sulfonamides is 1. The van der Waals surface area contributed by atoms with Crippen LogP contribution in [0.15, 0.2) is 19.2 Å². The largest absolute Gasteiger partial charge is 0.444 e. The molecule has 0 bridgehead atoms. The van der Waals surface area contributed by atoms with Crippen LogP contribution in [0.5, 0.6) is 0 Å². The van der Waals surface area contributed by atoms with Gasteiger partial charge in [0.2, 0.25) is 15.9 Å².